The van der Waals surface area contributed by atoms with Gasteiger partial charge in [0.1, 0.15) is 6.10 Å². The largest absolute Gasteiger partial charge is 0.470 e. The van der Waals surface area contributed by atoms with Gasteiger partial charge in [-0.1, -0.05) is 12.1 Å². The summed E-state index contributed by atoms with van der Waals surface area (Å²) in [5.74, 6) is 1.44. The van der Waals surface area contributed by atoms with Crippen molar-refractivity contribution in [1.29, 1.82) is 0 Å². The average molecular weight is 284 g/mol. The van der Waals surface area contributed by atoms with Crippen molar-refractivity contribution in [1.82, 2.24) is 15.3 Å². The first-order valence-electron chi connectivity index (χ1n) is 7.79. The molecule has 1 aromatic carbocycles. The van der Waals surface area contributed by atoms with Crippen LogP contribution in [-0.2, 0) is 0 Å². The van der Waals surface area contributed by atoms with Gasteiger partial charge in [0.2, 0.25) is 0 Å². The van der Waals surface area contributed by atoms with E-state index < -0.39 is 0 Å². The number of hydrogen-bond acceptors (Lipinski definition) is 5. The molecule has 2 aliphatic rings. The van der Waals surface area contributed by atoms with Crippen LogP contribution >= 0.6 is 0 Å². The highest BCUT2D eigenvalue weighted by molar-refractivity contribution is 5.77. The zero-order chi connectivity index (χ0) is 14.1. The fourth-order valence-electron chi connectivity index (χ4n) is 2.66. The van der Waals surface area contributed by atoms with Crippen molar-refractivity contribution < 1.29 is 4.74 Å². The standard InChI is InChI=1S/C16H20N4O/c1-2-6-14-13(5-1)19-15(18-11-7-8-11)16(20-14)21-12-4-3-9-17-10-12/h1-2,5-6,11-12,17H,3-4,7-10H2,(H,18,19)/t12-/m0/s1. The summed E-state index contributed by atoms with van der Waals surface area (Å²) in [6.07, 6.45) is 4.83. The van der Waals surface area contributed by atoms with E-state index in [9.17, 15) is 0 Å². The van der Waals surface area contributed by atoms with Crippen molar-refractivity contribution in [3.63, 3.8) is 0 Å². The number of hydrogen-bond donors (Lipinski definition) is 2. The second-order valence-corrected chi connectivity index (χ2v) is 5.87. The molecule has 1 aromatic heterocycles. The van der Waals surface area contributed by atoms with E-state index in [4.69, 9.17) is 9.72 Å². The van der Waals surface area contributed by atoms with Gasteiger partial charge >= 0.3 is 0 Å². The van der Waals surface area contributed by atoms with Gasteiger partial charge in [-0.2, -0.15) is 0 Å². The van der Waals surface area contributed by atoms with Gasteiger partial charge < -0.3 is 15.4 Å². The van der Waals surface area contributed by atoms with Crippen molar-refractivity contribution in [3.8, 4) is 5.88 Å². The molecule has 2 N–H and O–H groups in total. The van der Waals surface area contributed by atoms with Crippen LogP contribution in [0.5, 0.6) is 5.88 Å². The topological polar surface area (TPSA) is 59.1 Å². The first kappa shape index (κ1) is 12.8. The monoisotopic (exact) mass is 284 g/mol. The maximum atomic E-state index is 6.12. The van der Waals surface area contributed by atoms with E-state index in [0.717, 1.165) is 42.8 Å². The van der Waals surface area contributed by atoms with E-state index >= 15 is 0 Å². The van der Waals surface area contributed by atoms with E-state index in [2.05, 4.69) is 15.6 Å². The Balaban J connectivity index is 1.65. The molecule has 1 saturated carbocycles. The van der Waals surface area contributed by atoms with Crippen molar-refractivity contribution >= 4 is 16.9 Å². The normalized spacial score (nSPS) is 22.2. The Hall–Kier alpha value is -1.88. The lowest BCUT2D eigenvalue weighted by atomic mass is 10.1. The fraction of sp³-hybridized carbons (Fsp3) is 0.500. The summed E-state index contributed by atoms with van der Waals surface area (Å²) in [6, 6.07) is 8.48. The molecular formula is C16H20N4O. The Morgan fingerprint density at radius 2 is 1.90 bits per heavy atom. The number of nitrogens with one attached hydrogen (secondary N) is 2. The van der Waals surface area contributed by atoms with Crippen LogP contribution in [0.15, 0.2) is 24.3 Å². The molecule has 0 spiro atoms. The van der Waals surface area contributed by atoms with Crippen LogP contribution in [0.2, 0.25) is 0 Å². The zero-order valence-electron chi connectivity index (χ0n) is 12.0. The Labute approximate surface area is 124 Å². The third-order valence-electron chi connectivity index (χ3n) is 3.99. The zero-order valence-corrected chi connectivity index (χ0v) is 12.0. The lowest BCUT2D eigenvalue weighted by Gasteiger charge is -2.24. The third kappa shape index (κ3) is 2.93. The molecule has 5 nitrogen and oxygen atoms in total. The number of ether oxygens (including phenoxy) is 1. The minimum Gasteiger partial charge on any atom is -0.470 e. The Morgan fingerprint density at radius 1 is 1.10 bits per heavy atom. The minimum atomic E-state index is 0.189. The van der Waals surface area contributed by atoms with Gasteiger partial charge in [-0.25, -0.2) is 9.97 Å². The molecule has 0 radical (unpaired) electrons. The molecule has 0 amide bonds. The molecule has 1 aliphatic heterocycles. The number of para-hydroxylation sites is 2. The van der Waals surface area contributed by atoms with E-state index in [1.165, 1.54) is 12.8 Å². The molecule has 1 saturated heterocycles. The Morgan fingerprint density at radius 3 is 2.62 bits per heavy atom. The summed E-state index contributed by atoms with van der Waals surface area (Å²) in [6.45, 7) is 1.97. The van der Waals surface area contributed by atoms with Gasteiger partial charge in [0.05, 0.1) is 11.0 Å². The van der Waals surface area contributed by atoms with Gasteiger partial charge in [-0.15, -0.1) is 0 Å². The summed E-state index contributed by atoms with van der Waals surface area (Å²) < 4.78 is 6.12. The minimum absolute atomic E-state index is 0.189. The van der Waals surface area contributed by atoms with Crippen molar-refractivity contribution in [2.75, 3.05) is 18.4 Å². The molecule has 4 rings (SSSR count). The molecule has 21 heavy (non-hydrogen) atoms. The van der Waals surface area contributed by atoms with Gasteiger partial charge in [-0.3, -0.25) is 0 Å². The predicted molar refractivity (Wildman–Crippen MR) is 82.7 cm³/mol. The number of aromatic nitrogens is 2. The lowest BCUT2D eigenvalue weighted by Crippen LogP contribution is -2.37. The highest BCUT2D eigenvalue weighted by atomic mass is 16.5. The summed E-state index contributed by atoms with van der Waals surface area (Å²) >= 11 is 0. The first-order valence-corrected chi connectivity index (χ1v) is 7.79. The first-order chi connectivity index (χ1) is 10.4. The molecular weight excluding hydrogens is 264 g/mol. The summed E-state index contributed by atoms with van der Waals surface area (Å²) in [7, 11) is 0. The molecule has 2 heterocycles. The number of piperidine rings is 1. The quantitative estimate of drug-likeness (QED) is 0.902. The summed E-state index contributed by atoms with van der Waals surface area (Å²) in [5.41, 5.74) is 1.80. The molecule has 2 fully saturated rings. The maximum absolute atomic E-state index is 6.12. The second-order valence-electron chi connectivity index (χ2n) is 5.87. The van der Waals surface area contributed by atoms with Crippen LogP contribution in [0.3, 0.4) is 0 Å². The summed E-state index contributed by atoms with van der Waals surface area (Å²) in [5, 5.41) is 6.82. The molecule has 1 aliphatic carbocycles. The highest BCUT2D eigenvalue weighted by Crippen LogP contribution is 2.30. The smallest absolute Gasteiger partial charge is 0.258 e. The van der Waals surface area contributed by atoms with E-state index in [0.29, 0.717) is 11.9 Å². The van der Waals surface area contributed by atoms with Crippen LogP contribution in [0, 0.1) is 0 Å². The van der Waals surface area contributed by atoms with Crippen molar-refractivity contribution in [2.24, 2.45) is 0 Å². The number of nitrogens with zero attached hydrogens (tertiary/aromatic N) is 2. The fourth-order valence-corrected chi connectivity index (χ4v) is 2.66. The Kier molecular flexibility index (Phi) is 3.35. The van der Waals surface area contributed by atoms with Crippen LogP contribution in [0.1, 0.15) is 25.7 Å². The number of benzene rings is 1. The van der Waals surface area contributed by atoms with Gasteiger partial charge in [-0.05, 0) is 44.4 Å². The predicted octanol–water partition coefficient (Wildman–Crippen LogP) is 2.33. The van der Waals surface area contributed by atoms with Crippen LogP contribution < -0.4 is 15.4 Å². The van der Waals surface area contributed by atoms with Crippen molar-refractivity contribution in [2.45, 2.75) is 37.8 Å². The second kappa shape index (κ2) is 5.48. The van der Waals surface area contributed by atoms with E-state index in [1.807, 2.05) is 24.3 Å². The number of anilines is 1. The van der Waals surface area contributed by atoms with Crippen LogP contribution in [-0.4, -0.2) is 35.2 Å². The van der Waals surface area contributed by atoms with Gasteiger partial charge in [0, 0.05) is 12.6 Å². The SMILES string of the molecule is c1ccc2nc(O[C@H]3CCCNC3)c(NC3CC3)nc2c1. The number of fused-ring (bicyclic) bond motifs is 1. The lowest BCUT2D eigenvalue weighted by molar-refractivity contribution is 0.161. The highest BCUT2D eigenvalue weighted by Gasteiger charge is 2.25. The van der Waals surface area contributed by atoms with Gasteiger partial charge in [0.15, 0.2) is 5.82 Å². The number of rotatable bonds is 4. The van der Waals surface area contributed by atoms with E-state index in [1.54, 1.807) is 0 Å². The average Bonchev–Trinajstić information content (AvgIpc) is 3.33. The molecule has 110 valence electrons. The summed E-state index contributed by atoms with van der Waals surface area (Å²) in [4.78, 5) is 9.38. The molecule has 0 bridgehead atoms. The Bertz CT molecular complexity index is 635. The molecule has 0 unspecified atom stereocenters. The van der Waals surface area contributed by atoms with Crippen LogP contribution in [0.4, 0.5) is 5.82 Å². The van der Waals surface area contributed by atoms with E-state index in [-0.39, 0.29) is 6.10 Å². The van der Waals surface area contributed by atoms with Crippen LogP contribution in [0.25, 0.3) is 11.0 Å². The molecule has 2 aromatic rings. The maximum Gasteiger partial charge on any atom is 0.258 e. The van der Waals surface area contributed by atoms with Crippen molar-refractivity contribution in [3.05, 3.63) is 24.3 Å². The third-order valence-corrected chi connectivity index (χ3v) is 3.99. The molecule has 5 heteroatoms. The molecule has 1 atom stereocenters. The van der Waals surface area contributed by atoms with Gasteiger partial charge in [0.25, 0.3) is 5.88 Å².